The third-order valence-electron chi connectivity index (χ3n) is 3.86. The van der Waals surface area contributed by atoms with Crippen molar-refractivity contribution in [3.63, 3.8) is 0 Å². The van der Waals surface area contributed by atoms with Crippen LogP contribution in [-0.2, 0) is 16.3 Å². The van der Waals surface area contributed by atoms with Crippen LogP contribution < -0.4 is 4.74 Å². The number of sulfone groups is 1. The Balaban J connectivity index is 1.97. The maximum atomic E-state index is 12.8. The molecule has 4 nitrogen and oxygen atoms in total. The standard InChI is InChI=1S/C19H19NO3S/c1-2-23-18-9-10-19(17-8-4-3-7-16(17)18)24(21,22)13-11-15-6-5-12-20-14-15/h3-10,12,14H,2,11,13H2,1H3. The predicted octanol–water partition coefficient (Wildman–Crippen LogP) is 3.65. The molecule has 124 valence electrons. The number of fused-ring (bicyclic) bond motifs is 1. The highest BCUT2D eigenvalue weighted by Gasteiger charge is 2.19. The molecule has 0 N–H and O–H groups in total. The first-order chi connectivity index (χ1) is 11.6. The predicted molar refractivity (Wildman–Crippen MR) is 95.1 cm³/mol. The van der Waals surface area contributed by atoms with Gasteiger partial charge in [0, 0.05) is 23.2 Å². The lowest BCUT2D eigenvalue weighted by molar-refractivity contribution is 0.344. The number of benzene rings is 2. The zero-order valence-electron chi connectivity index (χ0n) is 13.5. The smallest absolute Gasteiger partial charge is 0.179 e. The molecule has 3 rings (SSSR count). The van der Waals surface area contributed by atoms with Crippen molar-refractivity contribution in [3.8, 4) is 5.75 Å². The number of hydrogen-bond acceptors (Lipinski definition) is 4. The average Bonchev–Trinajstić information content (AvgIpc) is 2.61. The first-order valence-corrected chi connectivity index (χ1v) is 9.53. The fourth-order valence-electron chi connectivity index (χ4n) is 2.70. The van der Waals surface area contributed by atoms with E-state index in [1.807, 2.05) is 43.3 Å². The second-order valence-corrected chi connectivity index (χ2v) is 7.55. The fourth-order valence-corrected chi connectivity index (χ4v) is 4.22. The maximum Gasteiger partial charge on any atom is 0.179 e. The van der Waals surface area contributed by atoms with Crippen LogP contribution in [0.4, 0.5) is 0 Å². The van der Waals surface area contributed by atoms with E-state index in [9.17, 15) is 8.42 Å². The zero-order valence-corrected chi connectivity index (χ0v) is 14.3. The summed E-state index contributed by atoms with van der Waals surface area (Å²) in [6.45, 7) is 2.45. The Morgan fingerprint density at radius 2 is 1.79 bits per heavy atom. The summed E-state index contributed by atoms with van der Waals surface area (Å²) < 4.78 is 31.3. The summed E-state index contributed by atoms with van der Waals surface area (Å²) in [7, 11) is -3.40. The van der Waals surface area contributed by atoms with Crippen LogP contribution in [0.2, 0.25) is 0 Å². The molecule has 0 saturated carbocycles. The summed E-state index contributed by atoms with van der Waals surface area (Å²) >= 11 is 0. The Bertz CT molecular complexity index is 937. The molecular formula is C19H19NO3S. The molecule has 24 heavy (non-hydrogen) atoms. The topological polar surface area (TPSA) is 56.3 Å². The number of rotatable bonds is 6. The molecule has 0 amide bonds. The fraction of sp³-hybridized carbons (Fsp3) is 0.211. The van der Waals surface area contributed by atoms with Crippen molar-refractivity contribution in [2.24, 2.45) is 0 Å². The van der Waals surface area contributed by atoms with E-state index in [4.69, 9.17) is 4.74 Å². The van der Waals surface area contributed by atoms with E-state index in [0.717, 1.165) is 10.9 Å². The molecular weight excluding hydrogens is 322 g/mol. The molecule has 3 aromatic rings. The third kappa shape index (κ3) is 3.41. The van der Waals surface area contributed by atoms with Crippen molar-refractivity contribution in [1.82, 2.24) is 4.98 Å². The molecule has 0 aliphatic rings. The van der Waals surface area contributed by atoms with Gasteiger partial charge in [-0.2, -0.15) is 0 Å². The Morgan fingerprint density at radius 1 is 1.00 bits per heavy atom. The molecule has 0 radical (unpaired) electrons. The molecule has 1 aromatic heterocycles. The first-order valence-electron chi connectivity index (χ1n) is 7.88. The normalized spacial score (nSPS) is 11.5. The molecule has 0 saturated heterocycles. The number of hydrogen-bond donors (Lipinski definition) is 0. The quantitative estimate of drug-likeness (QED) is 0.687. The lowest BCUT2D eigenvalue weighted by Crippen LogP contribution is -2.10. The van der Waals surface area contributed by atoms with Crippen molar-refractivity contribution >= 4 is 20.6 Å². The van der Waals surface area contributed by atoms with Gasteiger partial charge < -0.3 is 4.74 Å². The maximum absolute atomic E-state index is 12.8. The van der Waals surface area contributed by atoms with E-state index >= 15 is 0 Å². The molecule has 0 fully saturated rings. The van der Waals surface area contributed by atoms with Crippen LogP contribution in [0.3, 0.4) is 0 Å². The molecule has 0 spiro atoms. The van der Waals surface area contributed by atoms with Crippen molar-refractivity contribution in [2.45, 2.75) is 18.2 Å². The Hall–Kier alpha value is -2.40. The van der Waals surface area contributed by atoms with Gasteiger partial charge in [0.15, 0.2) is 9.84 Å². The third-order valence-corrected chi connectivity index (χ3v) is 5.63. The number of nitrogens with zero attached hydrogens (tertiary/aromatic N) is 1. The van der Waals surface area contributed by atoms with E-state index in [0.29, 0.717) is 29.1 Å². The van der Waals surface area contributed by atoms with Crippen LogP contribution in [0.15, 0.2) is 65.8 Å². The van der Waals surface area contributed by atoms with Crippen LogP contribution in [0.1, 0.15) is 12.5 Å². The van der Waals surface area contributed by atoms with Crippen LogP contribution in [0.25, 0.3) is 10.8 Å². The van der Waals surface area contributed by atoms with Crippen molar-refractivity contribution in [2.75, 3.05) is 12.4 Å². The monoisotopic (exact) mass is 341 g/mol. The highest BCUT2D eigenvalue weighted by atomic mass is 32.2. The molecule has 0 bridgehead atoms. The van der Waals surface area contributed by atoms with Gasteiger partial charge in [-0.25, -0.2) is 8.42 Å². The molecule has 5 heteroatoms. The first kappa shape index (κ1) is 16.5. The van der Waals surface area contributed by atoms with E-state index in [-0.39, 0.29) is 5.75 Å². The molecule has 0 unspecified atom stereocenters. The van der Waals surface area contributed by atoms with Gasteiger partial charge >= 0.3 is 0 Å². The minimum Gasteiger partial charge on any atom is -0.493 e. The van der Waals surface area contributed by atoms with E-state index in [2.05, 4.69) is 4.98 Å². The summed E-state index contributed by atoms with van der Waals surface area (Å²) in [5.41, 5.74) is 0.913. The number of aryl methyl sites for hydroxylation is 1. The van der Waals surface area contributed by atoms with Gasteiger partial charge in [-0.1, -0.05) is 30.3 Å². The average molecular weight is 341 g/mol. The second kappa shape index (κ2) is 7.01. The highest BCUT2D eigenvalue weighted by Crippen LogP contribution is 2.31. The molecule has 1 heterocycles. The molecule has 0 atom stereocenters. The highest BCUT2D eigenvalue weighted by molar-refractivity contribution is 7.91. The van der Waals surface area contributed by atoms with Gasteiger partial charge in [0.2, 0.25) is 0 Å². The van der Waals surface area contributed by atoms with Crippen molar-refractivity contribution in [1.29, 1.82) is 0 Å². The number of pyridine rings is 1. The van der Waals surface area contributed by atoms with Crippen LogP contribution >= 0.6 is 0 Å². The van der Waals surface area contributed by atoms with Crippen LogP contribution in [-0.4, -0.2) is 25.8 Å². The Morgan fingerprint density at radius 3 is 2.50 bits per heavy atom. The summed E-state index contributed by atoms with van der Waals surface area (Å²) in [6, 6.07) is 14.5. The van der Waals surface area contributed by atoms with Crippen molar-refractivity contribution < 1.29 is 13.2 Å². The minimum atomic E-state index is -3.40. The van der Waals surface area contributed by atoms with Gasteiger partial charge in [-0.15, -0.1) is 0 Å². The summed E-state index contributed by atoms with van der Waals surface area (Å²) in [4.78, 5) is 4.38. The largest absolute Gasteiger partial charge is 0.493 e. The SMILES string of the molecule is CCOc1ccc(S(=O)(=O)CCc2cccnc2)c2ccccc12. The Kier molecular flexibility index (Phi) is 4.81. The second-order valence-electron chi connectivity index (χ2n) is 5.47. The van der Waals surface area contributed by atoms with E-state index in [1.54, 1.807) is 24.5 Å². The summed E-state index contributed by atoms with van der Waals surface area (Å²) in [5, 5.41) is 1.52. The zero-order chi connectivity index (χ0) is 17.0. The Labute approximate surface area is 142 Å². The number of aromatic nitrogens is 1. The molecule has 0 aliphatic carbocycles. The lowest BCUT2D eigenvalue weighted by Gasteiger charge is -2.12. The summed E-state index contributed by atoms with van der Waals surface area (Å²) in [5.74, 6) is 0.760. The van der Waals surface area contributed by atoms with E-state index in [1.165, 1.54) is 0 Å². The van der Waals surface area contributed by atoms with Crippen LogP contribution in [0, 0.1) is 0 Å². The van der Waals surface area contributed by atoms with Crippen molar-refractivity contribution in [3.05, 3.63) is 66.5 Å². The summed E-state index contributed by atoms with van der Waals surface area (Å²) in [6.07, 6.45) is 3.82. The lowest BCUT2D eigenvalue weighted by atomic mass is 10.1. The minimum absolute atomic E-state index is 0.0523. The molecule has 0 aliphatic heterocycles. The van der Waals surface area contributed by atoms with Gasteiger partial charge in [-0.3, -0.25) is 4.98 Å². The van der Waals surface area contributed by atoms with Gasteiger partial charge in [0.25, 0.3) is 0 Å². The molecule has 2 aromatic carbocycles. The van der Waals surface area contributed by atoms with Gasteiger partial charge in [0.1, 0.15) is 5.75 Å². The van der Waals surface area contributed by atoms with Gasteiger partial charge in [-0.05, 0) is 37.1 Å². The van der Waals surface area contributed by atoms with E-state index < -0.39 is 9.84 Å². The van der Waals surface area contributed by atoms with Gasteiger partial charge in [0.05, 0.1) is 17.3 Å². The van der Waals surface area contributed by atoms with Crippen LogP contribution in [0.5, 0.6) is 5.75 Å². The number of ether oxygens (including phenoxy) is 1.